The molecule has 0 bridgehead atoms. The number of carbonyl (C=O) groups excluding carboxylic acids is 3. The molecule has 45 heavy (non-hydrogen) atoms. The third-order valence-corrected chi connectivity index (χ3v) is 8.71. The molecule has 0 radical (unpaired) electrons. The number of pyridine rings is 2. The maximum absolute atomic E-state index is 14.3. The zero-order chi connectivity index (χ0) is 32.8. The van der Waals surface area contributed by atoms with Gasteiger partial charge in [0, 0.05) is 48.7 Å². The smallest absolute Gasteiger partial charge is 0.339 e. The van der Waals surface area contributed by atoms with E-state index in [1.807, 2.05) is 37.6 Å². The van der Waals surface area contributed by atoms with Gasteiger partial charge >= 0.3 is 5.97 Å². The molecule has 9 nitrogen and oxygen atoms in total. The summed E-state index contributed by atoms with van der Waals surface area (Å²) in [5.41, 5.74) is 3.61. The molecule has 0 N–H and O–H groups in total. The van der Waals surface area contributed by atoms with Crippen molar-refractivity contribution in [2.75, 3.05) is 32.1 Å². The first-order valence-corrected chi connectivity index (χ1v) is 15.2. The quantitative estimate of drug-likeness (QED) is 0.231. The van der Waals surface area contributed by atoms with Crippen LogP contribution in [0.3, 0.4) is 0 Å². The van der Waals surface area contributed by atoms with E-state index < -0.39 is 11.8 Å². The summed E-state index contributed by atoms with van der Waals surface area (Å²) in [4.78, 5) is 51.7. The summed E-state index contributed by atoms with van der Waals surface area (Å²) < 4.78 is 21.2. The number of rotatable bonds is 5. The lowest BCUT2D eigenvalue weighted by molar-refractivity contribution is -0.123. The number of amides is 2. The number of halogens is 2. The minimum absolute atomic E-state index is 0.0533. The van der Waals surface area contributed by atoms with Crippen LogP contribution in [0.15, 0.2) is 42.6 Å². The highest BCUT2D eigenvalue weighted by atomic mass is 35.5. The monoisotopic (exact) mass is 633 g/mol. The number of ether oxygens (including phenoxy) is 1. The molecule has 0 unspecified atom stereocenters. The Kier molecular flexibility index (Phi) is 8.72. The number of likely N-dealkylation sites (tertiary alicyclic amines) is 1. The molecule has 3 aromatic heterocycles. The summed E-state index contributed by atoms with van der Waals surface area (Å²) in [6.07, 6.45) is 2.93. The number of carbonyl (C=O) groups is 3. The van der Waals surface area contributed by atoms with Crippen molar-refractivity contribution in [2.24, 2.45) is 5.92 Å². The van der Waals surface area contributed by atoms with Gasteiger partial charge in [-0.3, -0.25) is 14.5 Å². The molecule has 236 valence electrons. The van der Waals surface area contributed by atoms with E-state index in [-0.39, 0.29) is 28.3 Å². The highest BCUT2D eigenvalue weighted by Crippen LogP contribution is 2.35. The number of hydrogen-bond donors (Lipinski definition) is 0. The molecule has 1 aliphatic rings. The summed E-state index contributed by atoms with van der Waals surface area (Å²) >= 11 is 5.92. The molecular formula is C34H37ClFN5O4. The van der Waals surface area contributed by atoms with E-state index in [0.29, 0.717) is 65.5 Å². The number of hydrogen-bond acceptors (Lipinski definition) is 6. The van der Waals surface area contributed by atoms with Gasteiger partial charge in [-0.1, -0.05) is 17.7 Å². The number of esters is 1. The molecular weight excluding hydrogens is 597 g/mol. The zero-order valence-corrected chi connectivity index (χ0v) is 27.3. The Morgan fingerprint density at radius 3 is 2.33 bits per heavy atom. The van der Waals surface area contributed by atoms with Gasteiger partial charge in [-0.15, -0.1) is 0 Å². The van der Waals surface area contributed by atoms with Crippen molar-refractivity contribution in [3.63, 3.8) is 0 Å². The molecule has 0 spiro atoms. The molecule has 11 heteroatoms. The molecule has 5 rings (SSSR count). The Morgan fingerprint density at radius 1 is 1.04 bits per heavy atom. The molecule has 0 saturated carbocycles. The molecule has 2 amide bonds. The van der Waals surface area contributed by atoms with Crippen LogP contribution in [0.1, 0.15) is 65.7 Å². The Labute approximate surface area is 267 Å². The van der Waals surface area contributed by atoms with Crippen molar-refractivity contribution < 1.29 is 23.5 Å². The van der Waals surface area contributed by atoms with Gasteiger partial charge in [0.1, 0.15) is 23.0 Å². The Hall–Kier alpha value is -4.31. The van der Waals surface area contributed by atoms with Crippen molar-refractivity contribution in [2.45, 2.75) is 53.0 Å². The normalized spacial score (nSPS) is 14.1. The highest BCUT2D eigenvalue weighted by Gasteiger charge is 2.32. The van der Waals surface area contributed by atoms with Crippen molar-refractivity contribution in [1.82, 2.24) is 19.4 Å². The lowest BCUT2D eigenvalue weighted by Crippen LogP contribution is -2.44. The molecule has 4 heterocycles. The first-order valence-electron chi connectivity index (χ1n) is 14.8. The van der Waals surface area contributed by atoms with Crippen LogP contribution < -0.4 is 4.90 Å². The summed E-state index contributed by atoms with van der Waals surface area (Å²) in [6.45, 7) is 10.4. The van der Waals surface area contributed by atoms with Gasteiger partial charge in [0.2, 0.25) is 5.91 Å². The third kappa shape index (κ3) is 6.16. The van der Waals surface area contributed by atoms with Gasteiger partial charge in [0.05, 0.1) is 23.4 Å². The van der Waals surface area contributed by atoms with Crippen LogP contribution in [0.5, 0.6) is 0 Å². The first-order chi connectivity index (χ1) is 21.2. The average molecular weight is 634 g/mol. The Bertz CT molecular complexity index is 1800. The SMILES string of the molecule is COC(=O)c1c(C)cc(N(C)C(=O)C2CCN(C(=O)c3ccc4c(-c5ccc(Cl)c(F)c5)cn(C(C)(C)C)c4n3)CC2)nc1C. The minimum atomic E-state index is -0.503. The van der Waals surface area contributed by atoms with Crippen LogP contribution in [-0.2, 0) is 15.1 Å². The van der Waals surface area contributed by atoms with Crippen LogP contribution in [0, 0.1) is 25.6 Å². The van der Waals surface area contributed by atoms with E-state index in [2.05, 4.69) is 4.98 Å². The Balaban J connectivity index is 1.33. The second-order valence-electron chi connectivity index (χ2n) is 12.5. The summed E-state index contributed by atoms with van der Waals surface area (Å²) in [6, 6.07) is 9.97. The highest BCUT2D eigenvalue weighted by molar-refractivity contribution is 6.30. The van der Waals surface area contributed by atoms with Gasteiger partial charge in [0.15, 0.2) is 0 Å². The van der Waals surface area contributed by atoms with E-state index in [4.69, 9.17) is 21.3 Å². The summed E-state index contributed by atoms with van der Waals surface area (Å²) in [7, 11) is 3.00. The van der Waals surface area contributed by atoms with Crippen LogP contribution in [0.4, 0.5) is 10.2 Å². The molecule has 1 saturated heterocycles. The van der Waals surface area contributed by atoms with E-state index in [1.165, 1.54) is 24.1 Å². The molecule has 0 aliphatic carbocycles. The van der Waals surface area contributed by atoms with E-state index in [0.717, 1.165) is 10.9 Å². The fourth-order valence-corrected chi connectivity index (χ4v) is 6.02. The molecule has 4 aromatic rings. The fraction of sp³-hybridized carbons (Fsp3) is 0.382. The standard InChI is InChI=1S/C34H37ClFN5O4/c1-19-16-28(37-20(2)29(19)33(44)45-7)39(6)31(42)21-12-14-40(15-13-21)32(43)27-11-9-23-24(22-8-10-25(35)26(36)17-22)18-41(30(23)38-27)34(3,4)5/h8-11,16-18,21H,12-15H2,1-7H3. The van der Waals surface area contributed by atoms with Crippen LogP contribution >= 0.6 is 11.6 Å². The molecule has 1 aliphatic heterocycles. The largest absolute Gasteiger partial charge is 0.465 e. The summed E-state index contributed by atoms with van der Waals surface area (Å²) in [5.74, 6) is -1.08. The van der Waals surface area contributed by atoms with E-state index in [1.54, 1.807) is 44.0 Å². The number of aromatic nitrogens is 3. The van der Waals surface area contributed by atoms with Crippen molar-refractivity contribution in [3.8, 4) is 11.1 Å². The van der Waals surface area contributed by atoms with Crippen LogP contribution in [0.2, 0.25) is 5.02 Å². The van der Waals surface area contributed by atoms with Gasteiger partial charge in [0.25, 0.3) is 5.91 Å². The fourth-order valence-electron chi connectivity index (χ4n) is 5.90. The maximum Gasteiger partial charge on any atom is 0.339 e. The number of methoxy groups -OCH3 is 1. The average Bonchev–Trinajstić information content (AvgIpc) is 3.40. The Morgan fingerprint density at radius 2 is 1.73 bits per heavy atom. The van der Waals surface area contributed by atoms with Gasteiger partial charge < -0.3 is 14.2 Å². The van der Waals surface area contributed by atoms with Crippen molar-refractivity contribution >= 4 is 46.2 Å². The predicted molar refractivity (Wildman–Crippen MR) is 172 cm³/mol. The van der Waals surface area contributed by atoms with Crippen LogP contribution in [-0.4, -0.2) is 64.5 Å². The molecule has 1 fully saturated rings. The lowest BCUT2D eigenvalue weighted by Gasteiger charge is -2.33. The van der Waals surface area contributed by atoms with E-state index >= 15 is 0 Å². The van der Waals surface area contributed by atoms with Crippen molar-refractivity contribution in [1.29, 1.82) is 0 Å². The molecule has 0 atom stereocenters. The van der Waals surface area contributed by atoms with Gasteiger partial charge in [-0.05, 0) is 88.9 Å². The van der Waals surface area contributed by atoms with Gasteiger partial charge in [-0.2, -0.15) is 0 Å². The number of nitrogens with zero attached hydrogens (tertiary/aromatic N) is 5. The summed E-state index contributed by atoms with van der Waals surface area (Å²) in [5, 5.41) is 0.854. The van der Waals surface area contributed by atoms with Gasteiger partial charge in [-0.25, -0.2) is 19.2 Å². The number of aryl methyl sites for hydroxylation is 2. The minimum Gasteiger partial charge on any atom is -0.465 e. The van der Waals surface area contributed by atoms with E-state index in [9.17, 15) is 18.8 Å². The topological polar surface area (TPSA) is 97.6 Å². The first kappa shape index (κ1) is 32.1. The van der Waals surface area contributed by atoms with Crippen LogP contribution in [0.25, 0.3) is 22.2 Å². The number of piperidine rings is 1. The number of benzene rings is 1. The zero-order valence-electron chi connectivity index (χ0n) is 26.6. The third-order valence-electron chi connectivity index (χ3n) is 8.40. The molecule has 1 aromatic carbocycles. The predicted octanol–water partition coefficient (Wildman–Crippen LogP) is 6.56. The van der Waals surface area contributed by atoms with Crippen molar-refractivity contribution in [3.05, 3.63) is 75.9 Å². The lowest BCUT2D eigenvalue weighted by atomic mass is 9.95. The second kappa shape index (κ2) is 12.2. The second-order valence-corrected chi connectivity index (χ2v) is 12.9. The number of anilines is 1. The number of fused-ring (bicyclic) bond motifs is 1. The maximum atomic E-state index is 14.3.